The number of carbonyl (C=O) groups is 2. The monoisotopic (exact) mass is 240 g/mol. The Labute approximate surface area is 101 Å². The quantitative estimate of drug-likeness (QED) is 0.600. The molecular weight excluding hydrogens is 220 g/mol. The molecule has 3 N–H and O–H groups in total. The van der Waals surface area contributed by atoms with Gasteiger partial charge in [-0.25, -0.2) is 4.79 Å². The van der Waals surface area contributed by atoms with Crippen molar-refractivity contribution in [1.82, 2.24) is 10.6 Å². The van der Waals surface area contributed by atoms with Crippen LogP contribution < -0.4 is 10.6 Å². The fraction of sp³-hybridized carbons (Fsp3) is 0.833. The number of nitrogens with one attached hydrogen (secondary N) is 2. The molecule has 0 aromatic rings. The largest absolute Gasteiger partial charge is 0.480 e. The highest BCUT2D eigenvalue weighted by Gasteiger charge is 2.48. The molecule has 0 spiro atoms. The average molecular weight is 240 g/mol. The Bertz CT molecular complexity index is 324. The molecule has 0 aromatic carbocycles. The van der Waals surface area contributed by atoms with Crippen LogP contribution in [0.4, 0.5) is 0 Å². The third kappa shape index (κ3) is 3.19. The van der Waals surface area contributed by atoms with Crippen LogP contribution in [0.2, 0.25) is 0 Å². The topological polar surface area (TPSA) is 78.4 Å². The Morgan fingerprint density at radius 1 is 1.29 bits per heavy atom. The zero-order valence-corrected chi connectivity index (χ0v) is 10.2. The van der Waals surface area contributed by atoms with E-state index in [1.165, 1.54) is 12.8 Å². The molecule has 1 amide bonds. The molecule has 5 nitrogen and oxygen atoms in total. The van der Waals surface area contributed by atoms with Crippen molar-refractivity contribution in [1.29, 1.82) is 0 Å². The lowest BCUT2D eigenvalue weighted by Gasteiger charge is -2.26. The second-order valence-corrected chi connectivity index (χ2v) is 5.40. The van der Waals surface area contributed by atoms with Gasteiger partial charge in [0.05, 0.1) is 6.54 Å². The van der Waals surface area contributed by atoms with Crippen LogP contribution in [-0.2, 0) is 9.59 Å². The number of amides is 1. The van der Waals surface area contributed by atoms with Gasteiger partial charge >= 0.3 is 5.97 Å². The van der Waals surface area contributed by atoms with Gasteiger partial charge in [-0.15, -0.1) is 0 Å². The van der Waals surface area contributed by atoms with Crippen LogP contribution in [0.3, 0.4) is 0 Å². The summed E-state index contributed by atoms with van der Waals surface area (Å²) >= 11 is 0. The molecule has 96 valence electrons. The van der Waals surface area contributed by atoms with E-state index < -0.39 is 11.5 Å². The summed E-state index contributed by atoms with van der Waals surface area (Å²) in [5.41, 5.74) is -1.08. The summed E-state index contributed by atoms with van der Waals surface area (Å²) in [6.07, 6.45) is 4.25. The number of carboxylic acids is 1. The van der Waals surface area contributed by atoms with E-state index in [-0.39, 0.29) is 18.4 Å². The van der Waals surface area contributed by atoms with Gasteiger partial charge in [-0.3, -0.25) is 4.79 Å². The van der Waals surface area contributed by atoms with E-state index in [1.807, 2.05) is 0 Å². The summed E-state index contributed by atoms with van der Waals surface area (Å²) in [5, 5.41) is 14.9. The van der Waals surface area contributed by atoms with Gasteiger partial charge in [-0.2, -0.15) is 0 Å². The summed E-state index contributed by atoms with van der Waals surface area (Å²) < 4.78 is 0. The minimum absolute atomic E-state index is 0.0902. The van der Waals surface area contributed by atoms with Gasteiger partial charge in [0.1, 0.15) is 5.54 Å². The van der Waals surface area contributed by atoms with Gasteiger partial charge in [-0.05, 0) is 51.0 Å². The zero-order chi connectivity index (χ0) is 12.5. The minimum atomic E-state index is -1.08. The average Bonchev–Trinajstić information content (AvgIpc) is 3.11. The lowest BCUT2D eigenvalue weighted by atomic mass is 9.96. The fourth-order valence-electron chi connectivity index (χ4n) is 2.04. The summed E-state index contributed by atoms with van der Waals surface area (Å²) in [6, 6.07) is 0. The van der Waals surface area contributed by atoms with Gasteiger partial charge in [-0.1, -0.05) is 0 Å². The number of aliphatic carboxylic acids is 1. The normalized spacial score (nSPS) is 22.9. The van der Waals surface area contributed by atoms with Crippen molar-refractivity contribution in [3.05, 3.63) is 0 Å². The molecule has 0 saturated heterocycles. The van der Waals surface area contributed by atoms with Crippen LogP contribution >= 0.6 is 0 Å². The molecule has 0 aliphatic heterocycles. The highest BCUT2D eigenvalue weighted by atomic mass is 16.4. The van der Waals surface area contributed by atoms with Crippen molar-refractivity contribution < 1.29 is 14.7 Å². The Morgan fingerprint density at radius 2 is 1.94 bits per heavy atom. The summed E-state index contributed by atoms with van der Waals surface area (Å²) in [6.45, 7) is 2.68. The van der Waals surface area contributed by atoms with E-state index in [0.717, 1.165) is 25.3 Å². The number of rotatable bonds is 7. The predicted octanol–water partition coefficient (Wildman–Crippen LogP) is 0.355. The molecule has 0 heterocycles. The molecule has 5 heteroatoms. The third-order valence-electron chi connectivity index (χ3n) is 3.65. The summed E-state index contributed by atoms with van der Waals surface area (Å²) in [5.74, 6) is -0.345. The molecule has 17 heavy (non-hydrogen) atoms. The van der Waals surface area contributed by atoms with Crippen LogP contribution in [0.15, 0.2) is 0 Å². The molecule has 2 aliphatic carbocycles. The highest BCUT2D eigenvalue weighted by Crippen LogP contribution is 2.39. The number of hydrogen-bond acceptors (Lipinski definition) is 3. The maximum atomic E-state index is 11.7. The first-order valence-corrected chi connectivity index (χ1v) is 6.27. The van der Waals surface area contributed by atoms with Crippen LogP contribution in [0.5, 0.6) is 0 Å². The number of carboxylic acid groups (broad SMARTS) is 1. The lowest BCUT2D eigenvalue weighted by molar-refractivity contribution is -0.147. The zero-order valence-electron chi connectivity index (χ0n) is 10.2. The van der Waals surface area contributed by atoms with Crippen molar-refractivity contribution in [3.63, 3.8) is 0 Å². The van der Waals surface area contributed by atoms with Crippen LogP contribution in [0, 0.1) is 11.8 Å². The maximum Gasteiger partial charge on any atom is 0.329 e. The second-order valence-electron chi connectivity index (χ2n) is 5.40. The third-order valence-corrected chi connectivity index (χ3v) is 3.65. The molecule has 1 unspecified atom stereocenters. The molecule has 2 saturated carbocycles. The minimum Gasteiger partial charge on any atom is -0.480 e. The fourth-order valence-corrected chi connectivity index (χ4v) is 2.04. The van der Waals surface area contributed by atoms with Gasteiger partial charge in [0.2, 0.25) is 5.91 Å². The summed E-state index contributed by atoms with van der Waals surface area (Å²) in [7, 11) is 0. The molecule has 2 rings (SSSR count). The molecule has 0 bridgehead atoms. The van der Waals surface area contributed by atoms with E-state index in [1.54, 1.807) is 6.92 Å². The maximum absolute atomic E-state index is 11.7. The second kappa shape index (κ2) is 4.64. The van der Waals surface area contributed by atoms with E-state index in [4.69, 9.17) is 0 Å². The van der Waals surface area contributed by atoms with E-state index in [9.17, 15) is 14.7 Å². The number of hydrogen-bond donors (Lipinski definition) is 3. The first-order valence-electron chi connectivity index (χ1n) is 6.27. The Kier molecular flexibility index (Phi) is 3.38. The first-order chi connectivity index (χ1) is 8.02. The van der Waals surface area contributed by atoms with Gasteiger partial charge in [0.15, 0.2) is 0 Å². The molecule has 0 aromatic heterocycles. The van der Waals surface area contributed by atoms with Crippen molar-refractivity contribution >= 4 is 11.9 Å². The highest BCUT2D eigenvalue weighted by molar-refractivity contribution is 5.88. The standard InChI is InChI=1S/C12H20N2O3/c1-12(11(16)17,9-4-5-9)14-10(15)7-13-6-8-2-3-8/h8-9,13H,2-7H2,1H3,(H,14,15)(H,16,17). The van der Waals surface area contributed by atoms with Gasteiger partial charge < -0.3 is 15.7 Å². The molecule has 2 aliphatic rings. The SMILES string of the molecule is CC(NC(=O)CNCC1CC1)(C(=O)O)C1CC1. The Hall–Kier alpha value is -1.10. The van der Waals surface area contributed by atoms with Crippen molar-refractivity contribution in [2.24, 2.45) is 11.8 Å². The van der Waals surface area contributed by atoms with E-state index in [2.05, 4.69) is 10.6 Å². The van der Waals surface area contributed by atoms with E-state index >= 15 is 0 Å². The van der Waals surface area contributed by atoms with Crippen molar-refractivity contribution in [2.75, 3.05) is 13.1 Å². The predicted molar refractivity (Wildman–Crippen MR) is 62.5 cm³/mol. The van der Waals surface area contributed by atoms with Gasteiger partial charge in [0.25, 0.3) is 0 Å². The molecule has 1 atom stereocenters. The van der Waals surface area contributed by atoms with Crippen LogP contribution in [0.1, 0.15) is 32.6 Å². The van der Waals surface area contributed by atoms with E-state index in [0.29, 0.717) is 0 Å². The van der Waals surface area contributed by atoms with Gasteiger partial charge in [0, 0.05) is 0 Å². The van der Waals surface area contributed by atoms with Crippen molar-refractivity contribution in [2.45, 2.75) is 38.1 Å². The Morgan fingerprint density at radius 3 is 2.41 bits per heavy atom. The van der Waals surface area contributed by atoms with Crippen LogP contribution in [-0.4, -0.2) is 35.6 Å². The first kappa shape index (κ1) is 12.4. The smallest absolute Gasteiger partial charge is 0.329 e. The summed E-state index contributed by atoms with van der Waals surface area (Å²) in [4.78, 5) is 22.9. The Balaban J connectivity index is 1.76. The van der Waals surface area contributed by atoms with Crippen molar-refractivity contribution in [3.8, 4) is 0 Å². The van der Waals surface area contributed by atoms with Crippen LogP contribution in [0.25, 0.3) is 0 Å². The molecule has 2 fully saturated rings. The molecule has 0 radical (unpaired) electrons. The number of carbonyl (C=O) groups excluding carboxylic acids is 1. The molecular formula is C12H20N2O3. The lowest BCUT2D eigenvalue weighted by Crippen LogP contribution is -2.55.